The van der Waals surface area contributed by atoms with Gasteiger partial charge in [0.15, 0.2) is 0 Å². The van der Waals surface area contributed by atoms with Crippen molar-refractivity contribution in [3.63, 3.8) is 0 Å². The Bertz CT molecular complexity index is 616. The number of hydrogen-bond donors (Lipinski definition) is 2. The second kappa shape index (κ2) is 7.44. The summed E-state index contributed by atoms with van der Waals surface area (Å²) >= 11 is 0. The van der Waals surface area contributed by atoms with E-state index in [1.165, 1.54) is 38.4 Å². The van der Waals surface area contributed by atoms with E-state index < -0.39 is 22.0 Å². The monoisotopic (exact) mass is 388 g/mol. The normalized spacial score (nSPS) is 37.0. The van der Waals surface area contributed by atoms with E-state index in [1.54, 1.807) is 4.31 Å². The van der Waals surface area contributed by atoms with E-state index in [4.69, 9.17) is 19.8 Å². The van der Waals surface area contributed by atoms with Crippen molar-refractivity contribution in [2.24, 2.45) is 23.7 Å². The van der Waals surface area contributed by atoms with Crippen molar-refractivity contribution in [3.8, 4) is 0 Å². The van der Waals surface area contributed by atoms with Crippen LogP contribution in [0.15, 0.2) is 0 Å². The van der Waals surface area contributed by atoms with Crippen LogP contribution in [0, 0.1) is 23.7 Å². The minimum atomic E-state index is -2.99. The van der Waals surface area contributed by atoms with Gasteiger partial charge in [0.1, 0.15) is 0 Å². The van der Waals surface area contributed by atoms with Crippen LogP contribution in [0.1, 0.15) is 32.1 Å². The van der Waals surface area contributed by atoms with Gasteiger partial charge in [-0.15, -0.1) is 0 Å². The SMILES string of the molecule is CS(=O)(=O)N1CCN(C2C3CC4CC(C3)CC2C4)CC1.O=C(O)C(=O)O. The van der Waals surface area contributed by atoms with Crippen molar-refractivity contribution in [1.82, 2.24) is 9.21 Å². The first-order valence-electron chi connectivity index (χ1n) is 9.30. The zero-order chi connectivity index (χ0) is 19.1. The second-order valence-electron chi connectivity index (χ2n) is 8.23. The van der Waals surface area contributed by atoms with Crippen LogP contribution in [0.25, 0.3) is 0 Å². The summed E-state index contributed by atoms with van der Waals surface area (Å²) < 4.78 is 24.9. The Morgan fingerprint density at radius 2 is 1.23 bits per heavy atom. The van der Waals surface area contributed by atoms with Crippen LogP contribution in [0.5, 0.6) is 0 Å². The minimum absolute atomic E-state index is 0.696. The molecule has 5 rings (SSSR count). The Morgan fingerprint density at radius 3 is 1.58 bits per heavy atom. The molecule has 0 aromatic heterocycles. The highest BCUT2D eigenvalue weighted by atomic mass is 32.2. The zero-order valence-corrected chi connectivity index (χ0v) is 15.9. The summed E-state index contributed by atoms with van der Waals surface area (Å²) in [6, 6.07) is 0.768. The number of carboxylic acids is 2. The highest BCUT2D eigenvalue weighted by molar-refractivity contribution is 7.88. The van der Waals surface area contributed by atoms with Crippen molar-refractivity contribution < 1.29 is 28.2 Å². The summed E-state index contributed by atoms with van der Waals surface area (Å²) in [5, 5.41) is 14.8. The van der Waals surface area contributed by atoms with E-state index in [9.17, 15) is 8.42 Å². The molecule has 4 saturated carbocycles. The fourth-order valence-corrected chi connectivity index (χ4v) is 6.65. The summed E-state index contributed by atoms with van der Waals surface area (Å²) in [5.74, 6) is 0.217. The van der Waals surface area contributed by atoms with Gasteiger partial charge in [-0.2, -0.15) is 4.31 Å². The molecule has 5 aliphatic rings. The molecule has 0 aromatic rings. The molecule has 0 unspecified atom stereocenters. The smallest absolute Gasteiger partial charge is 0.414 e. The molecule has 4 aliphatic carbocycles. The first kappa shape index (κ1) is 19.6. The predicted molar refractivity (Wildman–Crippen MR) is 94.1 cm³/mol. The van der Waals surface area contributed by atoms with Crippen molar-refractivity contribution in [2.75, 3.05) is 32.4 Å². The molecule has 4 bridgehead atoms. The van der Waals surface area contributed by atoms with Crippen LogP contribution < -0.4 is 0 Å². The van der Waals surface area contributed by atoms with Gasteiger partial charge in [-0.1, -0.05) is 0 Å². The van der Waals surface area contributed by atoms with Crippen molar-refractivity contribution >= 4 is 22.0 Å². The molecule has 1 heterocycles. The molecular formula is C17H28N2O6S. The number of rotatable bonds is 2. The average Bonchev–Trinajstić information content (AvgIpc) is 2.54. The number of carboxylic acid groups (broad SMARTS) is 2. The first-order valence-corrected chi connectivity index (χ1v) is 11.2. The number of nitrogens with zero attached hydrogens (tertiary/aromatic N) is 2. The number of carbonyl (C=O) groups is 2. The van der Waals surface area contributed by atoms with Gasteiger partial charge in [0, 0.05) is 32.2 Å². The third kappa shape index (κ3) is 4.20. The van der Waals surface area contributed by atoms with Gasteiger partial charge in [-0.3, -0.25) is 4.90 Å². The van der Waals surface area contributed by atoms with Crippen LogP contribution in [0.3, 0.4) is 0 Å². The topological polar surface area (TPSA) is 115 Å². The molecule has 9 heteroatoms. The van der Waals surface area contributed by atoms with E-state index in [0.29, 0.717) is 13.1 Å². The Kier molecular flexibility index (Phi) is 5.60. The zero-order valence-electron chi connectivity index (χ0n) is 15.1. The Balaban J connectivity index is 0.000000286. The number of hydrogen-bond acceptors (Lipinski definition) is 5. The molecule has 0 amide bonds. The lowest BCUT2D eigenvalue weighted by Gasteiger charge is -2.58. The van der Waals surface area contributed by atoms with Gasteiger partial charge in [-0.05, 0) is 55.8 Å². The van der Waals surface area contributed by atoms with E-state index >= 15 is 0 Å². The summed E-state index contributed by atoms with van der Waals surface area (Å²) in [7, 11) is -2.99. The summed E-state index contributed by atoms with van der Waals surface area (Å²) in [6.45, 7) is 3.28. The Morgan fingerprint density at radius 1 is 0.808 bits per heavy atom. The van der Waals surface area contributed by atoms with Crippen molar-refractivity contribution in [1.29, 1.82) is 0 Å². The fourth-order valence-electron chi connectivity index (χ4n) is 5.83. The van der Waals surface area contributed by atoms with E-state index in [1.807, 2.05) is 0 Å². The molecule has 0 aromatic carbocycles. The summed E-state index contributed by atoms with van der Waals surface area (Å²) in [6.07, 6.45) is 8.63. The third-order valence-electron chi connectivity index (χ3n) is 6.52. The number of piperazine rings is 1. The molecule has 148 valence electrons. The van der Waals surface area contributed by atoms with Crippen LogP contribution in [0.2, 0.25) is 0 Å². The molecular weight excluding hydrogens is 360 g/mol. The second-order valence-corrected chi connectivity index (χ2v) is 10.2. The Hall–Kier alpha value is -1.19. The quantitative estimate of drug-likeness (QED) is 0.664. The van der Waals surface area contributed by atoms with Crippen molar-refractivity contribution in [3.05, 3.63) is 0 Å². The minimum Gasteiger partial charge on any atom is -0.473 e. The Labute approximate surface area is 154 Å². The van der Waals surface area contributed by atoms with Crippen LogP contribution in [0.4, 0.5) is 0 Å². The lowest BCUT2D eigenvalue weighted by atomic mass is 9.54. The highest BCUT2D eigenvalue weighted by Crippen LogP contribution is 2.55. The number of aliphatic carboxylic acids is 2. The average molecular weight is 388 g/mol. The summed E-state index contributed by atoms with van der Waals surface area (Å²) in [5.41, 5.74) is 0. The van der Waals surface area contributed by atoms with Crippen LogP contribution in [-0.4, -0.2) is 78.3 Å². The summed E-state index contributed by atoms with van der Waals surface area (Å²) in [4.78, 5) is 20.8. The maximum atomic E-state index is 11.6. The van der Waals surface area contributed by atoms with E-state index in [0.717, 1.165) is 42.8 Å². The van der Waals surface area contributed by atoms with E-state index in [2.05, 4.69) is 4.90 Å². The fraction of sp³-hybridized carbons (Fsp3) is 0.882. The largest absolute Gasteiger partial charge is 0.473 e. The molecule has 1 saturated heterocycles. The van der Waals surface area contributed by atoms with E-state index in [-0.39, 0.29) is 0 Å². The van der Waals surface area contributed by atoms with Gasteiger partial charge < -0.3 is 10.2 Å². The first-order chi connectivity index (χ1) is 12.1. The molecule has 0 radical (unpaired) electrons. The van der Waals surface area contributed by atoms with Gasteiger partial charge >= 0.3 is 11.9 Å². The third-order valence-corrected chi connectivity index (χ3v) is 7.83. The molecule has 1 aliphatic heterocycles. The maximum Gasteiger partial charge on any atom is 0.414 e. The predicted octanol–water partition coefficient (Wildman–Crippen LogP) is 0.544. The molecule has 26 heavy (non-hydrogen) atoms. The lowest BCUT2D eigenvalue weighted by molar-refractivity contribution is -0.159. The molecule has 2 N–H and O–H groups in total. The molecule has 0 atom stereocenters. The standard InChI is InChI=1S/C15H26N2O2S.C2H2O4/c1-20(18,19)17-4-2-16(3-5-17)15-13-7-11-6-12(9-13)10-14(15)8-11;3-1(4)2(5)6/h11-15H,2-10H2,1H3;(H,3,4)(H,5,6). The van der Waals surface area contributed by atoms with Gasteiger partial charge in [0.2, 0.25) is 10.0 Å². The molecule has 0 spiro atoms. The van der Waals surface area contributed by atoms with Crippen LogP contribution >= 0.6 is 0 Å². The van der Waals surface area contributed by atoms with Gasteiger partial charge in [0.05, 0.1) is 6.26 Å². The molecule has 8 nitrogen and oxygen atoms in total. The molecule has 5 fully saturated rings. The highest BCUT2D eigenvalue weighted by Gasteiger charge is 2.50. The van der Waals surface area contributed by atoms with Crippen LogP contribution in [-0.2, 0) is 19.6 Å². The van der Waals surface area contributed by atoms with Crippen molar-refractivity contribution in [2.45, 2.75) is 38.1 Å². The van der Waals surface area contributed by atoms with Gasteiger partial charge in [-0.25, -0.2) is 18.0 Å². The van der Waals surface area contributed by atoms with Gasteiger partial charge in [0.25, 0.3) is 0 Å². The number of sulfonamides is 1. The maximum absolute atomic E-state index is 11.6. The lowest BCUT2D eigenvalue weighted by Crippen LogP contribution is -2.60.